The number of piperidine rings is 1. The Bertz CT molecular complexity index is 895. The molecule has 0 unspecified atom stereocenters. The van der Waals surface area contributed by atoms with Gasteiger partial charge < -0.3 is 24.6 Å². The Morgan fingerprint density at radius 2 is 2.14 bits per heavy atom. The summed E-state index contributed by atoms with van der Waals surface area (Å²) < 4.78 is 11.9. The number of carbonyl (C=O) groups is 2. The third-order valence-corrected chi connectivity index (χ3v) is 6.94. The van der Waals surface area contributed by atoms with E-state index in [0.717, 1.165) is 24.9 Å². The first-order valence-electron chi connectivity index (χ1n) is 9.73. The molecule has 0 amide bonds. The van der Waals surface area contributed by atoms with Gasteiger partial charge in [0.15, 0.2) is 17.6 Å². The summed E-state index contributed by atoms with van der Waals surface area (Å²) in [5.41, 5.74) is 1.93. The van der Waals surface area contributed by atoms with Crippen LogP contribution in [-0.4, -0.2) is 58.9 Å². The topological polar surface area (TPSA) is 96.3 Å². The fourth-order valence-corrected chi connectivity index (χ4v) is 5.74. The van der Waals surface area contributed by atoms with Gasteiger partial charge in [-0.1, -0.05) is 12.1 Å². The second-order valence-corrected chi connectivity index (χ2v) is 8.29. The van der Waals surface area contributed by atoms with Crippen molar-refractivity contribution < 1.29 is 29.3 Å². The summed E-state index contributed by atoms with van der Waals surface area (Å²) in [5.74, 6) is -0.711. The molecule has 0 aromatic heterocycles. The third kappa shape index (κ3) is 2.25. The molecule has 5 rings (SSSR count). The van der Waals surface area contributed by atoms with E-state index in [1.165, 1.54) is 5.56 Å². The summed E-state index contributed by atoms with van der Waals surface area (Å²) in [4.78, 5) is 25.3. The highest BCUT2D eigenvalue weighted by atomic mass is 16.6. The molecular formula is C21H23NO6. The molecule has 1 fully saturated rings. The lowest BCUT2D eigenvalue weighted by molar-refractivity contribution is -0.157. The van der Waals surface area contributed by atoms with Crippen LogP contribution in [0.1, 0.15) is 30.4 Å². The van der Waals surface area contributed by atoms with Crippen molar-refractivity contribution in [3.05, 3.63) is 35.4 Å². The normalized spacial score (nSPS) is 34.5. The molecule has 7 nitrogen and oxygen atoms in total. The van der Waals surface area contributed by atoms with Crippen molar-refractivity contribution in [1.82, 2.24) is 4.90 Å². The van der Waals surface area contributed by atoms with Crippen LogP contribution >= 0.6 is 0 Å². The van der Waals surface area contributed by atoms with Crippen LogP contribution in [-0.2, 0) is 26.2 Å². The van der Waals surface area contributed by atoms with Gasteiger partial charge in [0.25, 0.3) is 0 Å². The second kappa shape index (κ2) is 5.98. The molecule has 7 heteroatoms. The monoisotopic (exact) mass is 385 g/mol. The van der Waals surface area contributed by atoms with Crippen LogP contribution in [0.25, 0.3) is 0 Å². The van der Waals surface area contributed by atoms with Crippen LogP contribution in [0.2, 0.25) is 0 Å². The molecule has 148 valence electrons. The van der Waals surface area contributed by atoms with Crippen LogP contribution in [0.5, 0.6) is 11.5 Å². The first-order chi connectivity index (χ1) is 13.4. The van der Waals surface area contributed by atoms with E-state index in [1.54, 1.807) is 6.07 Å². The maximum Gasteiger partial charge on any atom is 0.307 e. The highest BCUT2D eigenvalue weighted by molar-refractivity contribution is 5.77. The quantitative estimate of drug-likeness (QED) is 0.600. The van der Waals surface area contributed by atoms with Crippen molar-refractivity contribution in [2.45, 2.75) is 49.3 Å². The molecule has 2 bridgehead atoms. The zero-order valence-corrected chi connectivity index (χ0v) is 15.6. The van der Waals surface area contributed by atoms with Gasteiger partial charge in [-0.25, -0.2) is 0 Å². The Morgan fingerprint density at radius 1 is 1.32 bits per heavy atom. The summed E-state index contributed by atoms with van der Waals surface area (Å²) in [6.45, 7) is 0.906. The van der Waals surface area contributed by atoms with Crippen molar-refractivity contribution in [1.29, 1.82) is 0 Å². The Hall–Kier alpha value is -2.54. The zero-order valence-electron chi connectivity index (χ0n) is 15.6. The number of phenolic OH excluding ortho intramolecular Hbond substituents is 1. The van der Waals surface area contributed by atoms with Crippen LogP contribution in [0, 0.1) is 5.92 Å². The Morgan fingerprint density at radius 3 is 2.93 bits per heavy atom. The summed E-state index contributed by atoms with van der Waals surface area (Å²) in [5, 5.41) is 19.2. The molecule has 1 saturated heterocycles. The standard InChI is InChI=1S/C21H23NO6/c1-22-9-8-21-12-3-5-15(27-17(26)7-6-16(24)25)20(21)28-19-14(23)4-2-11(18(19)21)10-13(12)22/h2-5,12-13,15,20,23H,6-10H2,1H3,(H,24,25)/t12-,13+,15-,20-,21-/m0/s1. The van der Waals surface area contributed by atoms with Gasteiger partial charge >= 0.3 is 11.9 Å². The van der Waals surface area contributed by atoms with Crippen molar-refractivity contribution in [3.63, 3.8) is 0 Å². The highest BCUT2D eigenvalue weighted by Crippen LogP contribution is 2.62. The number of benzene rings is 1. The fourth-order valence-electron chi connectivity index (χ4n) is 5.74. The van der Waals surface area contributed by atoms with Crippen molar-refractivity contribution in [2.75, 3.05) is 13.6 Å². The zero-order chi connectivity index (χ0) is 19.6. The van der Waals surface area contributed by atoms with E-state index >= 15 is 0 Å². The summed E-state index contributed by atoms with van der Waals surface area (Å²) in [6.07, 6.45) is 4.34. The molecular weight excluding hydrogens is 362 g/mol. The Labute approximate surface area is 162 Å². The Balaban J connectivity index is 1.55. The molecule has 1 aromatic carbocycles. The largest absolute Gasteiger partial charge is 0.504 e. The molecule has 28 heavy (non-hydrogen) atoms. The number of hydrogen-bond donors (Lipinski definition) is 2. The number of hydrogen-bond acceptors (Lipinski definition) is 6. The van der Waals surface area contributed by atoms with Gasteiger partial charge in [-0.05, 0) is 44.1 Å². The fraction of sp³-hybridized carbons (Fsp3) is 0.524. The molecule has 2 heterocycles. The van der Waals surface area contributed by atoms with Crippen molar-refractivity contribution in [3.8, 4) is 11.5 Å². The first kappa shape index (κ1) is 17.6. The number of nitrogens with zero attached hydrogens (tertiary/aromatic N) is 1. The van der Waals surface area contributed by atoms with Crippen LogP contribution < -0.4 is 4.74 Å². The van der Waals surface area contributed by atoms with Crippen molar-refractivity contribution >= 4 is 11.9 Å². The number of esters is 1. The second-order valence-electron chi connectivity index (χ2n) is 8.29. The van der Waals surface area contributed by atoms with Gasteiger partial charge in [0.1, 0.15) is 6.10 Å². The number of phenols is 1. The SMILES string of the molecule is CN1CC[C@]23c4c5ccc(O)c4O[C@H]2[C@@H](OC(=O)CCC(=O)O)C=C[C@H]3[C@H]1C5. The van der Waals surface area contributed by atoms with Crippen molar-refractivity contribution in [2.24, 2.45) is 5.92 Å². The molecule has 1 spiro atoms. The number of likely N-dealkylation sites (N-methyl/N-ethyl adjacent to an activating group) is 1. The highest BCUT2D eigenvalue weighted by Gasteiger charge is 2.65. The number of ether oxygens (including phenoxy) is 2. The maximum absolute atomic E-state index is 12.2. The number of likely N-dealkylation sites (tertiary alicyclic amines) is 1. The van der Waals surface area contributed by atoms with Crippen LogP contribution in [0.4, 0.5) is 0 Å². The number of carbonyl (C=O) groups excluding carboxylic acids is 1. The predicted octanol–water partition coefficient (Wildman–Crippen LogP) is 1.61. The smallest absolute Gasteiger partial charge is 0.307 e. The molecule has 0 radical (unpaired) electrons. The van der Waals surface area contributed by atoms with Gasteiger partial charge in [0, 0.05) is 22.9 Å². The molecule has 2 aliphatic heterocycles. The minimum atomic E-state index is -1.03. The minimum Gasteiger partial charge on any atom is -0.504 e. The van der Waals surface area contributed by atoms with E-state index in [1.807, 2.05) is 12.1 Å². The van der Waals surface area contributed by atoms with Crippen LogP contribution in [0.3, 0.4) is 0 Å². The van der Waals surface area contributed by atoms with Crippen LogP contribution in [0.15, 0.2) is 24.3 Å². The van der Waals surface area contributed by atoms with E-state index in [9.17, 15) is 14.7 Å². The van der Waals surface area contributed by atoms with E-state index in [-0.39, 0.29) is 29.9 Å². The van der Waals surface area contributed by atoms with E-state index in [0.29, 0.717) is 11.8 Å². The molecule has 5 atom stereocenters. The average molecular weight is 385 g/mol. The third-order valence-electron chi connectivity index (χ3n) is 6.94. The summed E-state index contributed by atoms with van der Waals surface area (Å²) in [6, 6.07) is 4.00. The van der Waals surface area contributed by atoms with Gasteiger partial charge in [0.2, 0.25) is 0 Å². The molecule has 4 aliphatic rings. The number of rotatable bonds is 4. The Kier molecular flexibility index (Phi) is 3.75. The summed E-state index contributed by atoms with van der Waals surface area (Å²) in [7, 11) is 2.14. The van der Waals surface area contributed by atoms with Gasteiger partial charge in [-0.15, -0.1) is 0 Å². The number of carboxylic acids is 1. The molecule has 1 aromatic rings. The number of aliphatic carboxylic acids is 1. The van der Waals surface area contributed by atoms with Gasteiger partial charge in [-0.3, -0.25) is 9.59 Å². The molecule has 2 N–H and O–H groups in total. The predicted molar refractivity (Wildman–Crippen MR) is 98.3 cm³/mol. The first-order valence-corrected chi connectivity index (χ1v) is 9.73. The number of aromatic hydroxyl groups is 1. The molecule has 2 aliphatic carbocycles. The lowest BCUT2D eigenvalue weighted by Crippen LogP contribution is -2.65. The minimum absolute atomic E-state index is 0.120. The van der Waals surface area contributed by atoms with Gasteiger partial charge in [0.05, 0.1) is 12.8 Å². The molecule has 0 saturated carbocycles. The van der Waals surface area contributed by atoms with Gasteiger partial charge in [-0.2, -0.15) is 0 Å². The lowest BCUT2D eigenvalue weighted by Gasteiger charge is -2.56. The summed E-state index contributed by atoms with van der Waals surface area (Å²) >= 11 is 0. The maximum atomic E-state index is 12.2. The van der Waals surface area contributed by atoms with E-state index in [4.69, 9.17) is 14.6 Å². The van der Waals surface area contributed by atoms with E-state index in [2.05, 4.69) is 18.0 Å². The number of carboxylic acid groups (broad SMARTS) is 1. The average Bonchev–Trinajstić information content (AvgIpc) is 3.01. The van der Waals surface area contributed by atoms with E-state index < -0.39 is 24.1 Å². The lowest BCUT2D eigenvalue weighted by atomic mass is 9.53.